The minimum Gasteiger partial charge on any atom is -0.454 e. The van der Waals surface area contributed by atoms with Crippen LogP contribution in [0.1, 0.15) is 0 Å². The van der Waals surface area contributed by atoms with Crippen LogP contribution in [0.5, 0.6) is 0 Å². The average molecular weight is 673 g/mol. The molecular weight excluding hydrogens is 645 g/mol. The number of furan rings is 2. The van der Waals surface area contributed by atoms with Crippen molar-refractivity contribution in [1.29, 1.82) is 0 Å². The molecule has 240 valence electrons. The summed E-state index contributed by atoms with van der Waals surface area (Å²) in [5.41, 5.74) is 14.4. The van der Waals surface area contributed by atoms with Gasteiger partial charge in [-0.2, -0.15) is 0 Å². The molecule has 5 heteroatoms. The Balaban J connectivity index is 0.920. The quantitative estimate of drug-likeness (QED) is 0.176. The van der Waals surface area contributed by atoms with Gasteiger partial charge in [0.15, 0.2) is 11.2 Å². The maximum atomic E-state index is 6.01. The number of hydrogen-bond donors (Lipinski definition) is 0. The van der Waals surface area contributed by atoms with E-state index >= 15 is 0 Å². The highest BCUT2D eigenvalue weighted by Gasteiger charge is 2.12. The first-order valence-electron chi connectivity index (χ1n) is 16.9. The van der Waals surface area contributed by atoms with Crippen LogP contribution in [0.25, 0.3) is 88.6 Å². The third-order valence-electron chi connectivity index (χ3n) is 9.41. The van der Waals surface area contributed by atoms with Gasteiger partial charge in [-0.05, 0) is 129 Å². The minimum atomic E-state index is 0.808. The normalized spacial score (nSPS) is 11.6. The standard InChI is InChI=1S/C46H28N2O2S/c1-7-29(23-31(9-1)35-17-19-41-39(27-35)45-43(49-41)15-5-21-47-45)33-11-3-13-37(25-33)51-38-14-4-12-34(26-38)30-8-2-10-32(24-30)36-18-20-42-40(28-36)46-44(50-42)16-6-22-48-46/h1-28H. The summed E-state index contributed by atoms with van der Waals surface area (Å²) >= 11 is 1.78. The molecule has 0 saturated carbocycles. The molecule has 0 spiro atoms. The first kappa shape index (κ1) is 29.5. The molecule has 4 nitrogen and oxygen atoms in total. The lowest BCUT2D eigenvalue weighted by molar-refractivity contribution is 0.668. The molecule has 6 aromatic carbocycles. The third kappa shape index (κ3) is 5.45. The van der Waals surface area contributed by atoms with Crippen LogP contribution < -0.4 is 0 Å². The molecule has 0 saturated heterocycles. The molecule has 10 aromatic rings. The first-order valence-corrected chi connectivity index (χ1v) is 17.7. The molecule has 0 atom stereocenters. The zero-order chi connectivity index (χ0) is 33.7. The van der Waals surface area contributed by atoms with Crippen LogP contribution in [0.15, 0.2) is 189 Å². The van der Waals surface area contributed by atoms with Crippen LogP contribution in [0.3, 0.4) is 0 Å². The molecular formula is C46H28N2O2S. The summed E-state index contributed by atoms with van der Waals surface area (Å²) in [7, 11) is 0. The number of rotatable bonds is 6. The van der Waals surface area contributed by atoms with Crippen molar-refractivity contribution in [2.75, 3.05) is 0 Å². The maximum Gasteiger partial charge on any atom is 0.153 e. The second kappa shape index (κ2) is 12.2. The van der Waals surface area contributed by atoms with Gasteiger partial charge in [-0.3, -0.25) is 9.97 Å². The summed E-state index contributed by atoms with van der Waals surface area (Å²) in [5.74, 6) is 0. The molecule has 0 aliphatic carbocycles. The smallest absolute Gasteiger partial charge is 0.153 e. The van der Waals surface area contributed by atoms with Crippen LogP contribution in [0.4, 0.5) is 0 Å². The van der Waals surface area contributed by atoms with Gasteiger partial charge in [0.25, 0.3) is 0 Å². The summed E-state index contributed by atoms with van der Waals surface area (Å²) < 4.78 is 12.0. The Labute approximate surface area is 298 Å². The van der Waals surface area contributed by atoms with Crippen molar-refractivity contribution < 1.29 is 8.83 Å². The highest BCUT2D eigenvalue weighted by atomic mass is 32.2. The molecule has 51 heavy (non-hydrogen) atoms. The van der Waals surface area contributed by atoms with Gasteiger partial charge < -0.3 is 8.83 Å². The molecule has 0 aliphatic rings. The van der Waals surface area contributed by atoms with Gasteiger partial charge in [0.2, 0.25) is 0 Å². The Morgan fingerprint density at radius 2 is 0.725 bits per heavy atom. The van der Waals surface area contributed by atoms with E-state index in [-0.39, 0.29) is 0 Å². The first-order chi connectivity index (χ1) is 25.2. The van der Waals surface area contributed by atoms with Gasteiger partial charge >= 0.3 is 0 Å². The summed E-state index contributed by atoms with van der Waals surface area (Å²) in [6.45, 7) is 0. The van der Waals surface area contributed by atoms with Crippen LogP contribution in [-0.4, -0.2) is 9.97 Å². The fourth-order valence-corrected chi connectivity index (χ4v) is 7.86. The van der Waals surface area contributed by atoms with E-state index in [1.165, 1.54) is 32.0 Å². The lowest BCUT2D eigenvalue weighted by Gasteiger charge is -2.10. The highest BCUT2D eigenvalue weighted by molar-refractivity contribution is 7.99. The topological polar surface area (TPSA) is 52.1 Å². The van der Waals surface area contributed by atoms with Crippen molar-refractivity contribution in [2.45, 2.75) is 9.79 Å². The van der Waals surface area contributed by atoms with Crippen molar-refractivity contribution in [3.63, 3.8) is 0 Å². The molecule has 10 rings (SSSR count). The molecule has 4 heterocycles. The number of benzene rings is 6. The van der Waals surface area contributed by atoms with Crippen LogP contribution in [-0.2, 0) is 0 Å². The fraction of sp³-hybridized carbons (Fsp3) is 0. The van der Waals surface area contributed by atoms with E-state index in [1.54, 1.807) is 11.8 Å². The van der Waals surface area contributed by atoms with Gasteiger partial charge in [-0.1, -0.05) is 84.6 Å². The molecule has 0 fully saturated rings. The van der Waals surface area contributed by atoms with Crippen molar-refractivity contribution >= 4 is 55.9 Å². The Bertz CT molecular complexity index is 2720. The minimum absolute atomic E-state index is 0.808. The Morgan fingerprint density at radius 1 is 0.333 bits per heavy atom. The van der Waals surface area contributed by atoms with Crippen molar-refractivity contribution in [3.05, 3.63) is 170 Å². The van der Waals surface area contributed by atoms with Crippen molar-refractivity contribution in [1.82, 2.24) is 9.97 Å². The summed E-state index contributed by atoms with van der Waals surface area (Å²) in [6.07, 6.45) is 3.63. The maximum absolute atomic E-state index is 6.01. The summed E-state index contributed by atoms with van der Waals surface area (Å²) in [6, 6.07) is 55.4. The van der Waals surface area contributed by atoms with Gasteiger partial charge in [0.05, 0.1) is 0 Å². The predicted molar refractivity (Wildman–Crippen MR) is 209 cm³/mol. The number of hydrogen-bond acceptors (Lipinski definition) is 5. The van der Waals surface area contributed by atoms with Gasteiger partial charge in [0.1, 0.15) is 22.2 Å². The molecule has 0 radical (unpaired) electrons. The molecule has 0 unspecified atom stereocenters. The largest absolute Gasteiger partial charge is 0.454 e. The number of pyridine rings is 2. The van der Waals surface area contributed by atoms with Crippen LogP contribution >= 0.6 is 11.8 Å². The van der Waals surface area contributed by atoms with E-state index in [0.717, 1.165) is 66.4 Å². The Morgan fingerprint density at radius 3 is 1.18 bits per heavy atom. The van der Waals surface area contributed by atoms with E-state index in [2.05, 4.69) is 131 Å². The molecule has 0 amide bonds. The Hall–Kier alpha value is -6.43. The van der Waals surface area contributed by atoms with Crippen LogP contribution in [0, 0.1) is 0 Å². The zero-order valence-corrected chi connectivity index (χ0v) is 28.1. The summed E-state index contributed by atoms with van der Waals surface area (Å²) in [4.78, 5) is 11.5. The van der Waals surface area contributed by atoms with Gasteiger partial charge in [0, 0.05) is 33.0 Å². The third-order valence-corrected chi connectivity index (χ3v) is 10.4. The van der Waals surface area contributed by atoms with E-state index in [4.69, 9.17) is 8.83 Å². The molecule has 0 bridgehead atoms. The zero-order valence-electron chi connectivity index (χ0n) is 27.3. The lowest BCUT2D eigenvalue weighted by atomic mass is 9.98. The molecule has 0 aliphatic heterocycles. The van der Waals surface area contributed by atoms with E-state index < -0.39 is 0 Å². The van der Waals surface area contributed by atoms with Crippen molar-refractivity contribution in [3.8, 4) is 44.5 Å². The van der Waals surface area contributed by atoms with Gasteiger partial charge in [-0.25, -0.2) is 0 Å². The van der Waals surface area contributed by atoms with E-state index in [9.17, 15) is 0 Å². The molecule has 4 aromatic heterocycles. The monoisotopic (exact) mass is 672 g/mol. The second-order valence-electron chi connectivity index (χ2n) is 12.6. The summed E-state index contributed by atoms with van der Waals surface area (Å²) in [5, 5.41) is 2.06. The predicted octanol–water partition coefficient (Wildman–Crippen LogP) is 13.1. The molecule has 0 N–H and O–H groups in total. The van der Waals surface area contributed by atoms with E-state index in [0.29, 0.717) is 0 Å². The fourth-order valence-electron chi connectivity index (χ4n) is 6.93. The lowest BCUT2D eigenvalue weighted by Crippen LogP contribution is -1.84. The van der Waals surface area contributed by atoms with Crippen molar-refractivity contribution in [2.24, 2.45) is 0 Å². The number of nitrogens with zero attached hydrogens (tertiary/aromatic N) is 2. The average Bonchev–Trinajstić information content (AvgIpc) is 3.76. The number of fused-ring (bicyclic) bond motifs is 6. The SMILES string of the molecule is c1cc(Sc2cccc(-c3cccc(-c4ccc5oc6cccnc6c5c4)c3)c2)cc(-c2cccc(-c3ccc4oc5cccnc5c4c3)c2)c1. The van der Waals surface area contributed by atoms with E-state index in [1.807, 2.05) is 48.8 Å². The highest BCUT2D eigenvalue weighted by Crippen LogP contribution is 2.37. The second-order valence-corrected chi connectivity index (χ2v) is 13.8. The Kier molecular flexibility index (Phi) is 7.03. The number of aromatic nitrogens is 2. The van der Waals surface area contributed by atoms with Crippen LogP contribution in [0.2, 0.25) is 0 Å². The van der Waals surface area contributed by atoms with Gasteiger partial charge in [-0.15, -0.1) is 0 Å².